The highest BCUT2D eigenvalue weighted by atomic mass is 35.5. The minimum absolute atomic E-state index is 0. The number of aromatic hydroxyl groups is 1. The number of aryl methyl sites for hydroxylation is 1. The lowest BCUT2D eigenvalue weighted by Crippen LogP contribution is -2.20. The monoisotopic (exact) mass is 433 g/mol. The molecule has 8 nitrogen and oxygen atoms in total. The van der Waals surface area contributed by atoms with Crippen molar-refractivity contribution in [3.8, 4) is 22.8 Å². The van der Waals surface area contributed by atoms with Crippen LogP contribution in [0.25, 0.3) is 22.2 Å². The largest absolute Gasteiger partial charge is 0.506 e. The molecule has 0 bridgehead atoms. The summed E-state index contributed by atoms with van der Waals surface area (Å²) in [5, 5.41) is 24.2. The number of carbonyl (C=O) groups is 1. The summed E-state index contributed by atoms with van der Waals surface area (Å²) >= 11 is 0. The third-order valence-corrected chi connectivity index (χ3v) is 5.49. The molecular formula is C21H24ClN3O5. The lowest BCUT2D eigenvalue weighted by atomic mass is 9.94. The molecule has 0 fully saturated rings. The molecule has 2 aromatic heterocycles. The van der Waals surface area contributed by atoms with Crippen LogP contribution in [0.4, 0.5) is 0 Å². The Balaban J connectivity index is 0.00000256. The molecule has 1 aliphatic heterocycles. The first-order valence-electron chi connectivity index (χ1n) is 9.52. The lowest BCUT2D eigenvalue weighted by Gasteiger charge is -2.14. The fourth-order valence-corrected chi connectivity index (χ4v) is 3.95. The number of fused-ring (bicyclic) bond motifs is 4. The van der Waals surface area contributed by atoms with Gasteiger partial charge in [0, 0.05) is 47.8 Å². The van der Waals surface area contributed by atoms with Crippen LogP contribution in [0.1, 0.15) is 41.4 Å². The molecule has 1 unspecified atom stereocenters. The molecule has 3 heterocycles. The second kappa shape index (κ2) is 8.04. The van der Waals surface area contributed by atoms with E-state index >= 15 is 0 Å². The molecule has 4 rings (SSSR count). The van der Waals surface area contributed by atoms with Crippen molar-refractivity contribution in [2.45, 2.75) is 26.3 Å². The molecule has 0 spiro atoms. The van der Waals surface area contributed by atoms with Crippen molar-refractivity contribution in [2.24, 2.45) is 7.05 Å². The van der Waals surface area contributed by atoms with Gasteiger partial charge in [0.1, 0.15) is 11.5 Å². The Morgan fingerprint density at radius 2 is 2.10 bits per heavy atom. The van der Waals surface area contributed by atoms with Crippen LogP contribution in [0.2, 0.25) is 0 Å². The van der Waals surface area contributed by atoms with Gasteiger partial charge in [-0.15, -0.1) is 12.4 Å². The van der Waals surface area contributed by atoms with Crippen LogP contribution in [0.15, 0.2) is 23.0 Å². The number of pyridine rings is 1. The van der Waals surface area contributed by atoms with Gasteiger partial charge in [0.15, 0.2) is 5.56 Å². The lowest BCUT2D eigenvalue weighted by molar-refractivity contribution is 0.0691. The van der Waals surface area contributed by atoms with Gasteiger partial charge in [-0.25, -0.2) is 4.79 Å². The van der Waals surface area contributed by atoms with Crippen molar-refractivity contribution in [3.63, 3.8) is 0 Å². The molecule has 1 atom stereocenters. The number of nitrogens with zero attached hydrogens (tertiary/aromatic N) is 1. The summed E-state index contributed by atoms with van der Waals surface area (Å²) in [6, 6.07) is 5.89. The second-order valence-electron chi connectivity index (χ2n) is 7.37. The molecule has 1 aliphatic rings. The highest BCUT2D eigenvalue weighted by molar-refractivity contribution is 5.94. The Morgan fingerprint density at radius 3 is 2.77 bits per heavy atom. The van der Waals surface area contributed by atoms with Gasteiger partial charge in [0.25, 0.3) is 5.56 Å². The normalized spacial score (nSPS) is 15.0. The average Bonchev–Trinajstić information content (AvgIpc) is 2.90. The summed E-state index contributed by atoms with van der Waals surface area (Å²) in [7, 11) is 1.99. The molecule has 3 aromatic rings. The van der Waals surface area contributed by atoms with Gasteiger partial charge in [-0.1, -0.05) is 13.8 Å². The number of benzene rings is 1. The number of hydrogen-bond donors (Lipinski definition) is 4. The Labute approximate surface area is 178 Å². The zero-order valence-electron chi connectivity index (χ0n) is 16.9. The van der Waals surface area contributed by atoms with Crippen LogP contribution in [0, 0.1) is 0 Å². The fourth-order valence-electron chi connectivity index (χ4n) is 3.95. The number of ether oxygens (including phenoxy) is 1. The smallest absolute Gasteiger partial charge is 0.345 e. The topological polar surface area (TPSA) is 117 Å². The molecule has 0 aliphatic carbocycles. The van der Waals surface area contributed by atoms with E-state index in [0.717, 1.165) is 29.7 Å². The van der Waals surface area contributed by atoms with Crippen LogP contribution >= 0.6 is 12.4 Å². The van der Waals surface area contributed by atoms with Gasteiger partial charge in [0.2, 0.25) is 0 Å². The van der Waals surface area contributed by atoms with E-state index < -0.39 is 22.8 Å². The van der Waals surface area contributed by atoms with E-state index in [1.54, 1.807) is 0 Å². The Kier molecular flexibility index (Phi) is 5.83. The minimum atomic E-state index is -1.46. The van der Waals surface area contributed by atoms with E-state index in [0.29, 0.717) is 22.6 Å². The summed E-state index contributed by atoms with van der Waals surface area (Å²) in [6.45, 7) is 5.70. The number of nitrogens with one attached hydrogen (secondary N) is 2. The number of H-pyrrole nitrogens is 1. The van der Waals surface area contributed by atoms with Crippen LogP contribution in [0.3, 0.4) is 0 Å². The van der Waals surface area contributed by atoms with Crippen molar-refractivity contribution in [1.29, 1.82) is 0 Å². The number of carboxylic acid groups (broad SMARTS) is 1. The van der Waals surface area contributed by atoms with Crippen LogP contribution in [0.5, 0.6) is 11.5 Å². The highest BCUT2D eigenvalue weighted by Gasteiger charge is 2.30. The number of aromatic nitrogens is 2. The first-order valence-corrected chi connectivity index (χ1v) is 9.52. The first-order chi connectivity index (χ1) is 13.8. The fraction of sp³-hybridized carbons (Fsp3) is 0.333. The van der Waals surface area contributed by atoms with Crippen molar-refractivity contribution >= 4 is 29.3 Å². The van der Waals surface area contributed by atoms with Gasteiger partial charge >= 0.3 is 5.97 Å². The summed E-state index contributed by atoms with van der Waals surface area (Å²) in [4.78, 5) is 26.5. The number of carboxylic acids is 1. The van der Waals surface area contributed by atoms with Crippen molar-refractivity contribution in [1.82, 2.24) is 14.9 Å². The molecular weight excluding hydrogens is 410 g/mol. The van der Waals surface area contributed by atoms with Crippen LogP contribution in [-0.2, 0) is 13.6 Å². The molecule has 160 valence electrons. The van der Waals surface area contributed by atoms with Gasteiger partial charge in [-0.2, -0.15) is 0 Å². The SMILES string of the molecule is CCNCc1cc2cc3c(cc2n1C)OCC(C)c1c-3[nH]c(=O)c(C(=O)O)c1O.Cl. The van der Waals surface area contributed by atoms with E-state index in [-0.39, 0.29) is 24.9 Å². The van der Waals surface area contributed by atoms with Crippen LogP contribution < -0.4 is 15.6 Å². The summed E-state index contributed by atoms with van der Waals surface area (Å²) in [5.74, 6) is -1.69. The van der Waals surface area contributed by atoms with E-state index in [9.17, 15) is 19.8 Å². The van der Waals surface area contributed by atoms with Crippen LogP contribution in [-0.4, -0.2) is 38.9 Å². The van der Waals surface area contributed by atoms with E-state index in [1.165, 1.54) is 0 Å². The number of aromatic amines is 1. The third-order valence-electron chi connectivity index (χ3n) is 5.49. The Morgan fingerprint density at radius 1 is 1.37 bits per heavy atom. The Bertz CT molecular complexity index is 1200. The first kappa shape index (κ1) is 21.7. The van der Waals surface area contributed by atoms with Gasteiger partial charge < -0.3 is 29.8 Å². The molecule has 0 saturated heterocycles. The molecule has 0 amide bonds. The van der Waals surface area contributed by atoms with Gasteiger partial charge in [0.05, 0.1) is 17.8 Å². The van der Waals surface area contributed by atoms with Gasteiger partial charge in [-0.3, -0.25) is 4.79 Å². The average molecular weight is 434 g/mol. The van der Waals surface area contributed by atoms with Crippen molar-refractivity contribution < 1.29 is 19.7 Å². The maximum atomic E-state index is 12.4. The second-order valence-corrected chi connectivity index (χ2v) is 7.37. The zero-order chi connectivity index (χ0) is 20.9. The van der Waals surface area contributed by atoms with E-state index in [1.807, 2.05) is 33.0 Å². The molecule has 0 saturated carbocycles. The van der Waals surface area contributed by atoms with E-state index in [4.69, 9.17) is 4.74 Å². The molecule has 1 aromatic carbocycles. The van der Waals surface area contributed by atoms with Crippen molar-refractivity contribution in [2.75, 3.05) is 13.2 Å². The number of aromatic carboxylic acids is 1. The number of hydrogen-bond acceptors (Lipinski definition) is 5. The summed E-state index contributed by atoms with van der Waals surface area (Å²) in [6.07, 6.45) is 0. The summed E-state index contributed by atoms with van der Waals surface area (Å²) in [5.41, 5.74) is 2.01. The maximum Gasteiger partial charge on any atom is 0.345 e. The zero-order valence-corrected chi connectivity index (χ0v) is 17.7. The van der Waals surface area contributed by atoms with Gasteiger partial charge in [-0.05, 0) is 18.7 Å². The quantitative estimate of drug-likeness (QED) is 0.502. The predicted octanol–water partition coefficient (Wildman–Crippen LogP) is 2.96. The summed E-state index contributed by atoms with van der Waals surface area (Å²) < 4.78 is 8.07. The molecule has 0 radical (unpaired) electrons. The molecule has 9 heteroatoms. The minimum Gasteiger partial charge on any atom is -0.506 e. The molecule has 30 heavy (non-hydrogen) atoms. The number of rotatable bonds is 4. The molecule has 4 N–H and O–H groups in total. The Hall–Kier alpha value is -2.97. The number of halogens is 1. The maximum absolute atomic E-state index is 12.4. The third kappa shape index (κ3) is 3.32. The van der Waals surface area contributed by atoms with E-state index in [2.05, 4.69) is 20.9 Å². The standard InChI is InChI=1S/C21H23N3O5.ClH/c1-4-22-8-12-5-11-6-13-15(7-14(11)24(12)3)29-9-10(2)16-18(13)23-20(26)17(19(16)25)21(27)28;/h5-7,10,22H,4,8-9H2,1-3H3,(H,27,28)(H2,23,25,26);1H. The van der Waals surface area contributed by atoms with Crippen molar-refractivity contribution in [3.05, 3.63) is 45.4 Å². The predicted molar refractivity (Wildman–Crippen MR) is 116 cm³/mol. The highest BCUT2D eigenvalue weighted by Crippen LogP contribution is 2.43.